The fourth-order valence-corrected chi connectivity index (χ4v) is 3.70. The summed E-state index contributed by atoms with van der Waals surface area (Å²) in [6.45, 7) is 1.60. The predicted octanol–water partition coefficient (Wildman–Crippen LogP) is 0.531. The standard InChI is InChI=1S/C15H24N4O3.ClH/c20-12(17-11-4-8-16-9-5-11)10-19-13(21)15(18-14(19)22)6-2-1-3-7-15;/h11,16H,1-10H2,(H,17,20)(H,18,22);1H. The molecular weight excluding hydrogens is 320 g/mol. The summed E-state index contributed by atoms with van der Waals surface area (Å²) < 4.78 is 0. The molecule has 0 unspecified atom stereocenters. The second-order valence-electron chi connectivity index (χ2n) is 6.56. The van der Waals surface area contributed by atoms with Gasteiger partial charge in [-0.2, -0.15) is 0 Å². The minimum atomic E-state index is -0.746. The van der Waals surface area contributed by atoms with Crippen LogP contribution in [0.4, 0.5) is 4.79 Å². The number of carbonyl (C=O) groups is 3. The Labute approximate surface area is 142 Å². The van der Waals surface area contributed by atoms with Gasteiger partial charge in [0.25, 0.3) is 5.91 Å². The van der Waals surface area contributed by atoms with Crippen LogP contribution in [0.15, 0.2) is 0 Å². The summed E-state index contributed by atoms with van der Waals surface area (Å²) in [7, 11) is 0. The Kier molecular flexibility index (Phi) is 5.86. The fraction of sp³-hybridized carbons (Fsp3) is 0.800. The van der Waals surface area contributed by atoms with E-state index in [4.69, 9.17) is 0 Å². The minimum absolute atomic E-state index is 0. The molecule has 2 aliphatic heterocycles. The lowest BCUT2D eigenvalue weighted by molar-refractivity contribution is -0.136. The van der Waals surface area contributed by atoms with Crippen molar-refractivity contribution in [2.45, 2.75) is 56.5 Å². The molecule has 2 heterocycles. The van der Waals surface area contributed by atoms with Crippen molar-refractivity contribution in [1.82, 2.24) is 20.9 Å². The molecule has 0 aromatic rings. The molecule has 1 aliphatic carbocycles. The highest BCUT2D eigenvalue weighted by atomic mass is 35.5. The van der Waals surface area contributed by atoms with Crippen LogP contribution in [0.5, 0.6) is 0 Å². The third-order valence-electron chi connectivity index (χ3n) is 4.96. The van der Waals surface area contributed by atoms with E-state index in [1.807, 2.05) is 0 Å². The molecule has 3 aliphatic rings. The molecule has 7 nitrogen and oxygen atoms in total. The van der Waals surface area contributed by atoms with Gasteiger partial charge in [-0.3, -0.25) is 14.5 Å². The highest BCUT2D eigenvalue weighted by Crippen LogP contribution is 2.33. The number of hydrogen-bond acceptors (Lipinski definition) is 4. The lowest BCUT2D eigenvalue weighted by atomic mass is 9.82. The van der Waals surface area contributed by atoms with Gasteiger partial charge in [0, 0.05) is 6.04 Å². The zero-order valence-electron chi connectivity index (χ0n) is 13.2. The van der Waals surface area contributed by atoms with Gasteiger partial charge in [-0.25, -0.2) is 4.79 Å². The average molecular weight is 345 g/mol. The van der Waals surface area contributed by atoms with Crippen LogP contribution in [0.25, 0.3) is 0 Å². The topological polar surface area (TPSA) is 90.5 Å². The summed E-state index contributed by atoms with van der Waals surface area (Å²) in [5.74, 6) is -0.471. The Balaban J connectivity index is 0.00000192. The number of halogens is 1. The Hall–Kier alpha value is -1.34. The van der Waals surface area contributed by atoms with Crippen LogP contribution >= 0.6 is 12.4 Å². The van der Waals surface area contributed by atoms with Crippen molar-refractivity contribution in [2.75, 3.05) is 19.6 Å². The van der Waals surface area contributed by atoms with Crippen molar-refractivity contribution in [1.29, 1.82) is 0 Å². The maximum atomic E-state index is 12.6. The first-order valence-electron chi connectivity index (χ1n) is 8.25. The summed E-state index contributed by atoms with van der Waals surface area (Å²) in [5.41, 5.74) is -0.746. The van der Waals surface area contributed by atoms with E-state index >= 15 is 0 Å². The number of carbonyl (C=O) groups excluding carboxylic acids is 3. The molecule has 2 saturated heterocycles. The normalized spacial score (nSPS) is 24.3. The maximum Gasteiger partial charge on any atom is 0.325 e. The quantitative estimate of drug-likeness (QED) is 0.651. The van der Waals surface area contributed by atoms with Crippen molar-refractivity contribution in [2.24, 2.45) is 0 Å². The van der Waals surface area contributed by atoms with Gasteiger partial charge < -0.3 is 16.0 Å². The molecule has 3 fully saturated rings. The van der Waals surface area contributed by atoms with Gasteiger partial charge in [0.15, 0.2) is 0 Å². The minimum Gasteiger partial charge on any atom is -0.352 e. The van der Waals surface area contributed by atoms with E-state index in [0.717, 1.165) is 50.1 Å². The summed E-state index contributed by atoms with van der Waals surface area (Å²) in [4.78, 5) is 37.9. The van der Waals surface area contributed by atoms with Crippen LogP contribution in [0.2, 0.25) is 0 Å². The van der Waals surface area contributed by atoms with E-state index < -0.39 is 11.6 Å². The SMILES string of the molecule is Cl.O=C(CN1C(=O)NC2(CCCCC2)C1=O)NC1CCNCC1. The zero-order chi connectivity index (χ0) is 15.6. The number of nitrogens with zero attached hydrogens (tertiary/aromatic N) is 1. The maximum absolute atomic E-state index is 12.6. The van der Waals surface area contributed by atoms with Crippen LogP contribution in [-0.2, 0) is 9.59 Å². The van der Waals surface area contributed by atoms with Gasteiger partial charge in [0.2, 0.25) is 5.91 Å². The number of imide groups is 1. The summed E-state index contributed by atoms with van der Waals surface area (Å²) in [5, 5.41) is 8.99. The lowest BCUT2D eigenvalue weighted by Crippen LogP contribution is -2.50. The van der Waals surface area contributed by atoms with Crippen LogP contribution in [0.3, 0.4) is 0 Å². The largest absolute Gasteiger partial charge is 0.352 e. The Morgan fingerprint density at radius 2 is 1.83 bits per heavy atom. The molecule has 1 saturated carbocycles. The number of rotatable bonds is 3. The third kappa shape index (κ3) is 3.77. The van der Waals surface area contributed by atoms with Crippen molar-refractivity contribution >= 4 is 30.3 Å². The van der Waals surface area contributed by atoms with Gasteiger partial charge in [-0.15, -0.1) is 12.4 Å². The molecule has 23 heavy (non-hydrogen) atoms. The molecular formula is C15H25ClN4O3. The van der Waals surface area contributed by atoms with E-state index in [0.29, 0.717) is 12.8 Å². The number of nitrogens with one attached hydrogen (secondary N) is 3. The second kappa shape index (κ2) is 7.49. The average Bonchev–Trinajstić information content (AvgIpc) is 2.73. The molecule has 4 amide bonds. The van der Waals surface area contributed by atoms with Crippen LogP contribution < -0.4 is 16.0 Å². The van der Waals surface area contributed by atoms with Crippen molar-refractivity contribution in [3.05, 3.63) is 0 Å². The molecule has 1 spiro atoms. The van der Waals surface area contributed by atoms with E-state index in [9.17, 15) is 14.4 Å². The smallest absolute Gasteiger partial charge is 0.325 e. The van der Waals surface area contributed by atoms with E-state index in [-0.39, 0.29) is 36.8 Å². The van der Waals surface area contributed by atoms with Gasteiger partial charge >= 0.3 is 6.03 Å². The Bertz CT molecular complexity index is 473. The summed E-state index contributed by atoms with van der Waals surface area (Å²) >= 11 is 0. The monoisotopic (exact) mass is 344 g/mol. The first-order valence-corrected chi connectivity index (χ1v) is 8.25. The fourth-order valence-electron chi connectivity index (χ4n) is 3.70. The Morgan fingerprint density at radius 1 is 1.17 bits per heavy atom. The molecule has 0 aromatic carbocycles. The highest BCUT2D eigenvalue weighted by Gasteiger charge is 2.51. The molecule has 3 rings (SSSR count). The first-order chi connectivity index (χ1) is 10.6. The summed E-state index contributed by atoms with van der Waals surface area (Å²) in [6.07, 6.45) is 6.13. The number of hydrogen-bond donors (Lipinski definition) is 3. The van der Waals surface area contributed by atoms with Crippen LogP contribution in [-0.4, -0.2) is 54.0 Å². The van der Waals surface area contributed by atoms with Crippen LogP contribution in [0, 0.1) is 0 Å². The van der Waals surface area contributed by atoms with E-state index in [1.165, 1.54) is 0 Å². The second-order valence-corrected chi connectivity index (χ2v) is 6.56. The first kappa shape index (κ1) is 18.0. The van der Waals surface area contributed by atoms with E-state index in [2.05, 4.69) is 16.0 Å². The molecule has 3 N–H and O–H groups in total. The van der Waals surface area contributed by atoms with Gasteiger partial charge in [-0.1, -0.05) is 19.3 Å². The van der Waals surface area contributed by atoms with Crippen molar-refractivity contribution in [3.8, 4) is 0 Å². The lowest BCUT2D eigenvalue weighted by Gasteiger charge is -2.30. The Morgan fingerprint density at radius 3 is 2.48 bits per heavy atom. The highest BCUT2D eigenvalue weighted by molar-refractivity contribution is 6.09. The van der Waals surface area contributed by atoms with Crippen molar-refractivity contribution < 1.29 is 14.4 Å². The summed E-state index contributed by atoms with van der Waals surface area (Å²) in [6, 6.07) is -0.287. The van der Waals surface area contributed by atoms with Gasteiger partial charge in [-0.05, 0) is 38.8 Å². The number of amides is 4. The molecule has 0 radical (unpaired) electrons. The molecule has 8 heteroatoms. The zero-order valence-corrected chi connectivity index (χ0v) is 14.0. The molecule has 0 atom stereocenters. The number of piperidine rings is 1. The molecule has 0 aromatic heterocycles. The molecule has 0 bridgehead atoms. The molecule has 130 valence electrons. The third-order valence-corrected chi connectivity index (χ3v) is 4.96. The predicted molar refractivity (Wildman–Crippen MR) is 87.3 cm³/mol. The van der Waals surface area contributed by atoms with Crippen molar-refractivity contribution in [3.63, 3.8) is 0 Å². The van der Waals surface area contributed by atoms with Gasteiger partial charge in [0.05, 0.1) is 0 Å². The van der Waals surface area contributed by atoms with Gasteiger partial charge in [0.1, 0.15) is 12.1 Å². The van der Waals surface area contributed by atoms with E-state index in [1.54, 1.807) is 0 Å². The van der Waals surface area contributed by atoms with Crippen LogP contribution in [0.1, 0.15) is 44.9 Å². The number of urea groups is 1.